The first-order valence-corrected chi connectivity index (χ1v) is 5.75. The van der Waals surface area contributed by atoms with E-state index < -0.39 is 0 Å². The summed E-state index contributed by atoms with van der Waals surface area (Å²) in [5.41, 5.74) is 0.0859. The summed E-state index contributed by atoms with van der Waals surface area (Å²) >= 11 is 0. The zero-order valence-electron chi connectivity index (χ0n) is 9.89. The predicted molar refractivity (Wildman–Crippen MR) is 59.0 cm³/mol. The second-order valence-electron chi connectivity index (χ2n) is 5.46. The van der Waals surface area contributed by atoms with E-state index in [1.54, 1.807) is 0 Å². The summed E-state index contributed by atoms with van der Waals surface area (Å²) in [6.07, 6.45) is 4.55. The third kappa shape index (κ3) is 2.73. The highest BCUT2D eigenvalue weighted by Crippen LogP contribution is 2.29. The molecule has 1 aliphatic rings. The lowest BCUT2D eigenvalue weighted by molar-refractivity contribution is -0.129. The Labute approximate surface area is 87.5 Å². The molecule has 2 heteroatoms. The number of nitrogens with one attached hydrogen (secondary N) is 1. The van der Waals surface area contributed by atoms with Crippen molar-refractivity contribution in [2.75, 3.05) is 0 Å². The van der Waals surface area contributed by atoms with Gasteiger partial charge in [-0.15, -0.1) is 0 Å². The summed E-state index contributed by atoms with van der Waals surface area (Å²) in [6, 6.07) is 0.471. The van der Waals surface area contributed by atoms with Gasteiger partial charge in [-0.3, -0.25) is 4.79 Å². The van der Waals surface area contributed by atoms with Gasteiger partial charge in [0, 0.05) is 12.0 Å². The summed E-state index contributed by atoms with van der Waals surface area (Å²) < 4.78 is 0. The van der Waals surface area contributed by atoms with Crippen LogP contribution in [-0.4, -0.2) is 11.9 Å². The number of hydrogen-bond donors (Lipinski definition) is 1. The van der Waals surface area contributed by atoms with E-state index in [9.17, 15) is 4.79 Å². The maximum atomic E-state index is 11.9. The molecule has 82 valence electrons. The average molecular weight is 197 g/mol. The highest BCUT2D eigenvalue weighted by molar-refractivity contribution is 5.79. The molecule has 1 aliphatic carbocycles. The quantitative estimate of drug-likeness (QED) is 0.740. The molecule has 0 aromatic rings. The molecule has 14 heavy (non-hydrogen) atoms. The summed E-state index contributed by atoms with van der Waals surface area (Å²) in [7, 11) is 0. The molecule has 0 aliphatic heterocycles. The number of hydrogen-bond acceptors (Lipinski definition) is 1. The lowest BCUT2D eigenvalue weighted by atomic mass is 9.78. The smallest absolute Gasteiger partial charge is 0.223 e. The summed E-state index contributed by atoms with van der Waals surface area (Å²) in [5.74, 6) is 0.410. The molecule has 0 heterocycles. The first-order valence-electron chi connectivity index (χ1n) is 5.75. The van der Waals surface area contributed by atoms with E-state index in [1.807, 2.05) is 0 Å². The molecule has 1 fully saturated rings. The number of carbonyl (C=O) groups excluding carboxylic acids is 1. The summed E-state index contributed by atoms with van der Waals surface area (Å²) in [5, 5.41) is 3.13. The third-order valence-corrected chi connectivity index (χ3v) is 3.22. The van der Waals surface area contributed by atoms with Gasteiger partial charge < -0.3 is 5.32 Å². The monoisotopic (exact) mass is 197 g/mol. The Morgan fingerprint density at radius 1 is 1.43 bits per heavy atom. The Bertz CT molecular complexity index is 201. The van der Waals surface area contributed by atoms with Crippen molar-refractivity contribution >= 4 is 5.91 Å². The Morgan fingerprint density at radius 3 is 2.29 bits per heavy atom. The van der Waals surface area contributed by atoms with Crippen molar-refractivity contribution in [3.8, 4) is 0 Å². The normalized spacial score (nSPS) is 20.0. The van der Waals surface area contributed by atoms with E-state index in [0.717, 1.165) is 6.42 Å². The molecule has 0 bridgehead atoms. The second kappa shape index (κ2) is 4.33. The zero-order valence-corrected chi connectivity index (χ0v) is 9.89. The van der Waals surface area contributed by atoms with E-state index in [4.69, 9.17) is 0 Å². The van der Waals surface area contributed by atoms with Crippen LogP contribution in [0.2, 0.25) is 0 Å². The molecule has 0 radical (unpaired) electrons. The van der Waals surface area contributed by atoms with Gasteiger partial charge in [-0.1, -0.05) is 27.7 Å². The van der Waals surface area contributed by atoms with Gasteiger partial charge in [-0.05, 0) is 31.1 Å². The number of carbonyl (C=O) groups is 1. The van der Waals surface area contributed by atoms with Gasteiger partial charge >= 0.3 is 0 Å². The third-order valence-electron chi connectivity index (χ3n) is 3.22. The minimum absolute atomic E-state index is 0.0859. The van der Waals surface area contributed by atoms with E-state index in [1.165, 1.54) is 19.3 Å². The van der Waals surface area contributed by atoms with Gasteiger partial charge in [0.15, 0.2) is 0 Å². The molecule has 0 aromatic heterocycles. The van der Waals surface area contributed by atoms with Crippen LogP contribution in [0.3, 0.4) is 0 Å². The van der Waals surface area contributed by atoms with Crippen LogP contribution in [0, 0.1) is 11.3 Å². The van der Waals surface area contributed by atoms with Gasteiger partial charge in [0.1, 0.15) is 0 Å². The topological polar surface area (TPSA) is 29.1 Å². The van der Waals surface area contributed by atoms with E-state index in [2.05, 4.69) is 33.0 Å². The highest BCUT2D eigenvalue weighted by Gasteiger charge is 2.31. The van der Waals surface area contributed by atoms with Crippen LogP contribution in [-0.2, 0) is 4.79 Å². The second-order valence-corrected chi connectivity index (χ2v) is 5.46. The fraction of sp³-hybridized carbons (Fsp3) is 0.917. The lowest BCUT2D eigenvalue weighted by Crippen LogP contribution is -2.45. The van der Waals surface area contributed by atoms with Crippen molar-refractivity contribution in [1.29, 1.82) is 0 Å². The predicted octanol–water partition coefficient (Wildman–Crippen LogP) is 2.73. The molecular formula is C12H23NO. The fourth-order valence-electron chi connectivity index (χ4n) is 2.05. The molecule has 1 rings (SSSR count). The Kier molecular flexibility index (Phi) is 3.57. The minimum Gasteiger partial charge on any atom is -0.353 e. The van der Waals surface area contributed by atoms with Crippen LogP contribution in [0.4, 0.5) is 0 Å². The molecule has 1 saturated carbocycles. The summed E-state index contributed by atoms with van der Waals surface area (Å²) in [6.45, 7) is 8.51. The van der Waals surface area contributed by atoms with Gasteiger partial charge in [-0.25, -0.2) is 0 Å². The van der Waals surface area contributed by atoms with Crippen LogP contribution in [0.15, 0.2) is 0 Å². The molecule has 2 nitrogen and oxygen atoms in total. The van der Waals surface area contributed by atoms with Crippen LogP contribution in [0.5, 0.6) is 0 Å². The van der Waals surface area contributed by atoms with Crippen LogP contribution in [0.25, 0.3) is 0 Å². The van der Waals surface area contributed by atoms with E-state index in [-0.39, 0.29) is 17.2 Å². The van der Waals surface area contributed by atoms with Crippen LogP contribution < -0.4 is 5.32 Å². The van der Waals surface area contributed by atoms with Crippen molar-refractivity contribution in [3.63, 3.8) is 0 Å². The van der Waals surface area contributed by atoms with Gasteiger partial charge in [0.25, 0.3) is 0 Å². The maximum absolute atomic E-state index is 11.9. The van der Waals surface area contributed by atoms with Gasteiger partial charge in [0.05, 0.1) is 0 Å². The first kappa shape index (κ1) is 11.5. The SMILES string of the molecule is CC[C@H](C(=O)NC1CCC1)C(C)(C)C. The number of amides is 1. The average Bonchev–Trinajstić information content (AvgIpc) is 1.95. The molecule has 1 amide bonds. The van der Waals surface area contributed by atoms with Crippen LogP contribution >= 0.6 is 0 Å². The maximum Gasteiger partial charge on any atom is 0.223 e. The minimum atomic E-state index is 0.0859. The van der Waals surface area contributed by atoms with Gasteiger partial charge in [0.2, 0.25) is 5.91 Å². The largest absolute Gasteiger partial charge is 0.353 e. The molecule has 1 atom stereocenters. The van der Waals surface area contributed by atoms with Crippen molar-refractivity contribution in [3.05, 3.63) is 0 Å². The van der Waals surface area contributed by atoms with Crippen LogP contribution in [0.1, 0.15) is 53.4 Å². The number of rotatable bonds is 3. The van der Waals surface area contributed by atoms with Crippen molar-refractivity contribution in [1.82, 2.24) is 5.32 Å². The Morgan fingerprint density at radius 2 is 2.00 bits per heavy atom. The van der Waals surface area contributed by atoms with Crippen molar-refractivity contribution < 1.29 is 4.79 Å². The Hall–Kier alpha value is -0.530. The van der Waals surface area contributed by atoms with E-state index >= 15 is 0 Å². The molecule has 0 saturated heterocycles. The Balaban J connectivity index is 2.47. The summed E-state index contributed by atoms with van der Waals surface area (Å²) in [4.78, 5) is 11.9. The lowest BCUT2D eigenvalue weighted by Gasteiger charge is -2.33. The first-order chi connectivity index (χ1) is 6.45. The fourth-order valence-corrected chi connectivity index (χ4v) is 2.05. The molecule has 0 spiro atoms. The molecule has 1 N–H and O–H groups in total. The van der Waals surface area contributed by atoms with E-state index in [0.29, 0.717) is 6.04 Å². The molecule has 0 aromatic carbocycles. The zero-order chi connectivity index (χ0) is 10.8. The standard InChI is InChI=1S/C12H23NO/c1-5-10(12(2,3)4)11(14)13-9-7-6-8-9/h9-10H,5-8H2,1-4H3,(H,13,14)/t10-/m1/s1. The molecule has 0 unspecified atom stereocenters. The highest BCUT2D eigenvalue weighted by atomic mass is 16.2. The van der Waals surface area contributed by atoms with Crippen molar-refractivity contribution in [2.45, 2.75) is 59.4 Å². The van der Waals surface area contributed by atoms with Crippen molar-refractivity contribution in [2.24, 2.45) is 11.3 Å². The van der Waals surface area contributed by atoms with Gasteiger partial charge in [-0.2, -0.15) is 0 Å². The molecular weight excluding hydrogens is 174 g/mol.